The van der Waals surface area contributed by atoms with Crippen LogP contribution in [0.1, 0.15) is 48.1 Å². The highest BCUT2D eigenvalue weighted by atomic mass is 16.4. The summed E-state index contributed by atoms with van der Waals surface area (Å²) in [4.78, 5) is 20.3. The molecule has 10 nitrogen and oxygen atoms in total. The first kappa shape index (κ1) is 27.3. The van der Waals surface area contributed by atoms with Crippen molar-refractivity contribution >= 4 is 23.4 Å². The molecule has 0 unspecified atom stereocenters. The van der Waals surface area contributed by atoms with Crippen LogP contribution in [-0.2, 0) is 11.8 Å². The van der Waals surface area contributed by atoms with Gasteiger partial charge in [-0.2, -0.15) is 4.98 Å². The number of amides is 1. The summed E-state index contributed by atoms with van der Waals surface area (Å²) < 4.78 is 5.69. The van der Waals surface area contributed by atoms with E-state index < -0.39 is 0 Å². The maximum atomic E-state index is 11.8. The molecule has 5 N–H and O–H groups in total. The van der Waals surface area contributed by atoms with Crippen LogP contribution in [-0.4, -0.2) is 44.8 Å². The van der Waals surface area contributed by atoms with Crippen molar-refractivity contribution in [2.24, 2.45) is 0 Å². The van der Waals surface area contributed by atoms with Crippen LogP contribution in [0, 0.1) is 6.92 Å². The topological polar surface area (TPSA) is 152 Å². The van der Waals surface area contributed by atoms with E-state index in [0.717, 1.165) is 17.7 Å². The monoisotopic (exact) mass is 503 g/mol. The molecule has 0 saturated heterocycles. The van der Waals surface area contributed by atoms with E-state index in [9.17, 15) is 4.79 Å². The van der Waals surface area contributed by atoms with Crippen molar-refractivity contribution in [2.75, 3.05) is 24.7 Å². The first-order valence-electron chi connectivity index (χ1n) is 11.8. The van der Waals surface area contributed by atoms with Crippen LogP contribution in [0.15, 0.2) is 59.1 Å². The number of carbonyl (C=O) groups excluding carboxylic acids is 1. The van der Waals surface area contributed by atoms with Gasteiger partial charge in [-0.15, -0.1) is 10.2 Å². The molecule has 2 aromatic heterocycles. The number of hydrogen-bond donors (Lipinski definition) is 4. The van der Waals surface area contributed by atoms with E-state index >= 15 is 0 Å². The number of nitrogens with zero attached hydrogens (tertiary/aromatic N) is 4. The summed E-state index contributed by atoms with van der Waals surface area (Å²) in [6.45, 7) is 8.04. The molecule has 0 aliphatic rings. The number of aryl methyl sites for hydroxylation is 1. The van der Waals surface area contributed by atoms with E-state index in [1.54, 1.807) is 19.2 Å². The lowest BCUT2D eigenvalue weighted by molar-refractivity contribution is 0.0962. The quantitative estimate of drug-likeness (QED) is 0.305. The Bertz CT molecular complexity index is 1330. The zero-order valence-electron chi connectivity index (χ0n) is 21.7. The van der Waals surface area contributed by atoms with Crippen LogP contribution in [0.25, 0.3) is 11.5 Å². The van der Waals surface area contributed by atoms with Crippen LogP contribution in [0.2, 0.25) is 0 Å². The van der Waals surface area contributed by atoms with E-state index in [1.165, 1.54) is 11.8 Å². The van der Waals surface area contributed by atoms with Gasteiger partial charge in [-0.1, -0.05) is 51.1 Å². The van der Waals surface area contributed by atoms with Gasteiger partial charge in [0.15, 0.2) is 0 Å². The van der Waals surface area contributed by atoms with Crippen molar-refractivity contribution in [3.8, 4) is 11.5 Å². The van der Waals surface area contributed by atoms with Crippen molar-refractivity contribution in [1.82, 2.24) is 25.5 Å². The largest absolute Gasteiger partial charge is 0.420 e. The summed E-state index contributed by atoms with van der Waals surface area (Å²) >= 11 is 0. The number of anilines is 3. The van der Waals surface area contributed by atoms with Crippen LogP contribution in [0.4, 0.5) is 17.5 Å². The molecule has 0 fully saturated rings. The summed E-state index contributed by atoms with van der Waals surface area (Å²) in [5, 5.41) is 22.3. The molecule has 0 aliphatic heterocycles. The van der Waals surface area contributed by atoms with E-state index in [1.807, 2.05) is 64.1 Å². The first-order chi connectivity index (χ1) is 17.6. The first-order valence-corrected chi connectivity index (χ1v) is 11.8. The summed E-state index contributed by atoms with van der Waals surface area (Å²) in [5.74, 6) is 1.20. The number of nitrogens with two attached hydrogens (primary N) is 1. The molecular weight excluding hydrogens is 470 g/mol. The van der Waals surface area contributed by atoms with E-state index in [2.05, 4.69) is 30.8 Å². The van der Waals surface area contributed by atoms with Gasteiger partial charge < -0.3 is 25.9 Å². The van der Waals surface area contributed by atoms with Crippen LogP contribution in [0.3, 0.4) is 0 Å². The Morgan fingerprint density at radius 1 is 1.11 bits per heavy atom. The Morgan fingerprint density at radius 3 is 2.41 bits per heavy atom. The standard InChI is InChI=1S/C19H23N7O2.C8H10O/c1-10-8-11(6-7-12(10)15(27)21-5)23-18-22-9-13(14(20)24-18)16-25-26-17(28-16)19(2,3)4;9-7-6-8-4-2-1-3-5-8/h6-9H,1-5H3,(H,21,27)(H3,20,22,23,24);1-5,9H,6-7H2. The number of hydrogen-bond acceptors (Lipinski definition) is 9. The van der Waals surface area contributed by atoms with Gasteiger partial charge >= 0.3 is 0 Å². The molecule has 0 saturated carbocycles. The van der Waals surface area contributed by atoms with Crippen LogP contribution < -0.4 is 16.4 Å². The molecule has 0 atom stereocenters. The lowest BCUT2D eigenvalue weighted by Gasteiger charge is -2.11. The van der Waals surface area contributed by atoms with E-state index in [4.69, 9.17) is 15.3 Å². The Morgan fingerprint density at radius 2 is 1.84 bits per heavy atom. The number of nitrogens with one attached hydrogen (secondary N) is 2. The molecule has 2 heterocycles. The minimum atomic E-state index is -0.263. The van der Waals surface area contributed by atoms with Crippen molar-refractivity contribution in [2.45, 2.75) is 39.5 Å². The van der Waals surface area contributed by atoms with Gasteiger partial charge in [-0.3, -0.25) is 4.79 Å². The molecule has 4 rings (SSSR count). The highest BCUT2D eigenvalue weighted by Crippen LogP contribution is 2.28. The highest BCUT2D eigenvalue weighted by Gasteiger charge is 2.23. The van der Waals surface area contributed by atoms with Gasteiger partial charge in [0.1, 0.15) is 5.82 Å². The molecule has 0 bridgehead atoms. The number of aromatic nitrogens is 4. The molecule has 0 aliphatic carbocycles. The van der Waals surface area contributed by atoms with Crippen LogP contribution >= 0.6 is 0 Å². The number of aliphatic hydroxyl groups is 1. The normalized spacial score (nSPS) is 10.9. The Labute approximate surface area is 216 Å². The smallest absolute Gasteiger partial charge is 0.253 e. The maximum Gasteiger partial charge on any atom is 0.253 e. The average Bonchev–Trinajstić information content (AvgIpc) is 3.36. The fourth-order valence-electron chi connectivity index (χ4n) is 3.29. The number of benzene rings is 2. The highest BCUT2D eigenvalue weighted by molar-refractivity contribution is 5.95. The minimum Gasteiger partial charge on any atom is -0.420 e. The molecular formula is C27H33N7O3. The van der Waals surface area contributed by atoms with Gasteiger partial charge in [0.25, 0.3) is 11.8 Å². The van der Waals surface area contributed by atoms with Gasteiger partial charge in [-0.05, 0) is 42.7 Å². The Hall–Kier alpha value is -4.31. The SMILES string of the molecule is CNC(=O)c1ccc(Nc2ncc(-c3nnc(C(C)(C)C)o3)c(N)n2)cc1C.OCCc1ccccc1. The zero-order chi connectivity index (χ0) is 27.0. The Balaban J connectivity index is 0.000000356. The summed E-state index contributed by atoms with van der Waals surface area (Å²) in [7, 11) is 1.60. The molecule has 1 amide bonds. The molecule has 194 valence electrons. The predicted octanol–water partition coefficient (Wildman–Crippen LogP) is 4.04. The van der Waals surface area contributed by atoms with E-state index in [-0.39, 0.29) is 29.6 Å². The number of aliphatic hydroxyl groups excluding tert-OH is 1. The van der Waals surface area contributed by atoms with E-state index in [0.29, 0.717) is 23.0 Å². The molecule has 2 aromatic carbocycles. The average molecular weight is 504 g/mol. The molecule has 0 radical (unpaired) electrons. The van der Waals surface area contributed by atoms with Gasteiger partial charge in [-0.25, -0.2) is 4.98 Å². The number of rotatable bonds is 6. The third kappa shape index (κ3) is 7.34. The van der Waals surface area contributed by atoms with Gasteiger partial charge in [0.2, 0.25) is 11.8 Å². The minimum absolute atomic E-state index is 0.136. The molecule has 4 aromatic rings. The third-order valence-electron chi connectivity index (χ3n) is 5.31. The summed E-state index contributed by atoms with van der Waals surface area (Å²) in [6.07, 6.45) is 2.30. The Kier molecular flexibility index (Phi) is 8.91. The second-order valence-electron chi connectivity index (χ2n) is 9.35. The van der Waals surface area contributed by atoms with Gasteiger partial charge in [0, 0.05) is 36.5 Å². The number of carbonyl (C=O) groups is 1. The maximum absolute atomic E-state index is 11.8. The van der Waals surface area contributed by atoms with Crippen molar-refractivity contribution in [3.05, 3.63) is 77.3 Å². The summed E-state index contributed by atoms with van der Waals surface area (Å²) in [6, 6.07) is 15.3. The fraction of sp³-hybridized carbons (Fsp3) is 0.296. The lowest BCUT2D eigenvalue weighted by atomic mass is 9.97. The van der Waals surface area contributed by atoms with Crippen molar-refractivity contribution in [1.29, 1.82) is 0 Å². The van der Waals surface area contributed by atoms with Gasteiger partial charge in [0.05, 0.1) is 5.56 Å². The van der Waals surface area contributed by atoms with Crippen LogP contribution in [0.5, 0.6) is 0 Å². The second-order valence-corrected chi connectivity index (χ2v) is 9.35. The predicted molar refractivity (Wildman–Crippen MR) is 144 cm³/mol. The molecule has 0 spiro atoms. The zero-order valence-corrected chi connectivity index (χ0v) is 21.7. The van der Waals surface area contributed by atoms with Crippen molar-refractivity contribution in [3.63, 3.8) is 0 Å². The third-order valence-corrected chi connectivity index (χ3v) is 5.31. The second kappa shape index (κ2) is 12.1. The number of nitrogen functional groups attached to an aromatic ring is 1. The molecule has 37 heavy (non-hydrogen) atoms. The molecule has 10 heteroatoms. The van der Waals surface area contributed by atoms with Crippen molar-refractivity contribution < 1.29 is 14.3 Å². The fourth-order valence-corrected chi connectivity index (χ4v) is 3.29. The summed E-state index contributed by atoms with van der Waals surface area (Å²) in [5.41, 5.74) is 9.64. The lowest BCUT2D eigenvalue weighted by Crippen LogP contribution is -2.18.